The van der Waals surface area contributed by atoms with Gasteiger partial charge in [0.05, 0.1) is 11.7 Å². The monoisotopic (exact) mass is 402 g/mol. The minimum absolute atomic E-state index is 0.315. The standard InChI is InChI=1S/C12H15IN6O2/c1-18(2)7-17-10-9-8(13)5-19(4-3-14-12(20)21)11(9)16-6-15-10/h5-7,14H,3-4H2,1-2H3,(H,20,21)/b17-7+. The highest BCUT2D eigenvalue weighted by atomic mass is 127. The Labute approximate surface area is 135 Å². The molecule has 0 aliphatic carbocycles. The molecule has 9 heteroatoms. The van der Waals surface area contributed by atoms with Crippen LogP contribution < -0.4 is 5.32 Å². The lowest BCUT2D eigenvalue weighted by atomic mass is 10.4. The lowest BCUT2D eigenvalue weighted by Gasteiger charge is -2.05. The van der Waals surface area contributed by atoms with Crippen molar-refractivity contribution in [2.75, 3.05) is 20.6 Å². The number of rotatable bonds is 5. The largest absolute Gasteiger partial charge is 0.465 e. The molecular formula is C12H15IN6O2. The van der Waals surface area contributed by atoms with Gasteiger partial charge in [-0.2, -0.15) is 0 Å². The molecule has 0 aliphatic rings. The Bertz CT molecular complexity index is 682. The highest BCUT2D eigenvalue weighted by Gasteiger charge is 2.12. The third-order valence-corrected chi connectivity index (χ3v) is 3.45. The number of carbonyl (C=O) groups is 1. The highest BCUT2D eigenvalue weighted by molar-refractivity contribution is 14.1. The van der Waals surface area contributed by atoms with Crippen molar-refractivity contribution in [3.05, 3.63) is 16.1 Å². The van der Waals surface area contributed by atoms with Gasteiger partial charge in [-0.15, -0.1) is 0 Å². The molecule has 0 fully saturated rings. The summed E-state index contributed by atoms with van der Waals surface area (Å²) in [4.78, 5) is 25.1. The molecular weight excluding hydrogens is 387 g/mol. The Morgan fingerprint density at radius 2 is 2.33 bits per heavy atom. The predicted molar refractivity (Wildman–Crippen MR) is 88.1 cm³/mol. The zero-order chi connectivity index (χ0) is 15.4. The van der Waals surface area contributed by atoms with E-state index in [1.54, 1.807) is 6.34 Å². The molecule has 2 N–H and O–H groups in total. The molecule has 0 radical (unpaired) electrons. The Morgan fingerprint density at radius 1 is 1.57 bits per heavy atom. The second kappa shape index (κ2) is 6.70. The molecule has 2 heterocycles. The number of aromatic nitrogens is 3. The number of fused-ring (bicyclic) bond motifs is 1. The summed E-state index contributed by atoms with van der Waals surface area (Å²) in [5.74, 6) is 0.600. The van der Waals surface area contributed by atoms with E-state index in [0.29, 0.717) is 18.9 Å². The maximum Gasteiger partial charge on any atom is 0.404 e. The number of carboxylic acid groups (broad SMARTS) is 1. The molecule has 0 aromatic carbocycles. The van der Waals surface area contributed by atoms with Crippen LogP contribution in [-0.2, 0) is 6.54 Å². The molecule has 1 amide bonds. The summed E-state index contributed by atoms with van der Waals surface area (Å²) in [5.41, 5.74) is 0.743. The Morgan fingerprint density at radius 3 is 3.00 bits per heavy atom. The second-order valence-corrected chi connectivity index (χ2v) is 5.67. The molecule has 0 bridgehead atoms. The summed E-state index contributed by atoms with van der Waals surface area (Å²) in [7, 11) is 3.77. The third kappa shape index (κ3) is 3.80. The predicted octanol–water partition coefficient (Wildman–Crippen LogP) is 1.52. The molecule has 112 valence electrons. The number of nitrogens with one attached hydrogen (secondary N) is 1. The summed E-state index contributed by atoms with van der Waals surface area (Å²) >= 11 is 2.20. The van der Waals surface area contributed by atoms with Crippen molar-refractivity contribution in [3.63, 3.8) is 0 Å². The first-order chi connectivity index (χ1) is 9.99. The smallest absolute Gasteiger partial charge is 0.404 e. The van der Waals surface area contributed by atoms with Crippen LogP contribution in [0, 0.1) is 3.57 Å². The Balaban J connectivity index is 2.34. The van der Waals surface area contributed by atoms with Crippen molar-refractivity contribution in [2.24, 2.45) is 4.99 Å². The van der Waals surface area contributed by atoms with Crippen LogP contribution in [-0.4, -0.2) is 57.6 Å². The fourth-order valence-corrected chi connectivity index (χ4v) is 2.60. The van der Waals surface area contributed by atoms with E-state index >= 15 is 0 Å². The minimum Gasteiger partial charge on any atom is -0.465 e. The molecule has 2 aromatic rings. The van der Waals surface area contributed by atoms with E-state index in [1.807, 2.05) is 29.8 Å². The molecule has 8 nitrogen and oxygen atoms in total. The molecule has 0 saturated carbocycles. The van der Waals surface area contributed by atoms with Crippen LogP contribution in [0.2, 0.25) is 0 Å². The topological polar surface area (TPSA) is 95.6 Å². The van der Waals surface area contributed by atoms with Crippen molar-refractivity contribution < 1.29 is 9.90 Å². The number of aliphatic imine (C=N–C) groups is 1. The van der Waals surface area contributed by atoms with E-state index < -0.39 is 6.09 Å². The first-order valence-corrected chi connectivity index (χ1v) is 7.23. The van der Waals surface area contributed by atoms with Gasteiger partial charge in [0.25, 0.3) is 0 Å². The van der Waals surface area contributed by atoms with Crippen molar-refractivity contribution >= 4 is 51.9 Å². The summed E-state index contributed by atoms with van der Waals surface area (Å²) in [5, 5.41) is 11.8. The summed E-state index contributed by atoms with van der Waals surface area (Å²) < 4.78 is 2.87. The quantitative estimate of drug-likeness (QED) is 0.449. The van der Waals surface area contributed by atoms with E-state index in [-0.39, 0.29) is 0 Å². The summed E-state index contributed by atoms with van der Waals surface area (Å²) in [6.45, 7) is 0.815. The van der Waals surface area contributed by atoms with Crippen molar-refractivity contribution in [2.45, 2.75) is 6.54 Å². The third-order valence-electron chi connectivity index (χ3n) is 2.63. The normalized spacial score (nSPS) is 11.2. The zero-order valence-electron chi connectivity index (χ0n) is 11.6. The SMILES string of the molecule is CN(C)/C=N/c1ncnc2c1c(I)cn2CCNC(=O)O. The van der Waals surface area contributed by atoms with E-state index in [2.05, 4.69) is 42.9 Å². The molecule has 0 spiro atoms. The summed E-state index contributed by atoms with van der Waals surface area (Å²) in [6.07, 6.45) is 4.02. The van der Waals surface area contributed by atoms with Gasteiger partial charge in [0, 0.05) is 37.0 Å². The van der Waals surface area contributed by atoms with Crippen LogP contribution in [0.3, 0.4) is 0 Å². The average molecular weight is 402 g/mol. The van der Waals surface area contributed by atoms with Gasteiger partial charge in [0.15, 0.2) is 5.82 Å². The van der Waals surface area contributed by atoms with Gasteiger partial charge < -0.3 is 19.9 Å². The molecule has 2 aromatic heterocycles. The van der Waals surface area contributed by atoms with Crippen LogP contribution in [0.25, 0.3) is 11.0 Å². The zero-order valence-corrected chi connectivity index (χ0v) is 13.8. The van der Waals surface area contributed by atoms with Gasteiger partial charge in [-0.25, -0.2) is 19.8 Å². The van der Waals surface area contributed by atoms with E-state index in [1.165, 1.54) is 6.33 Å². The van der Waals surface area contributed by atoms with Gasteiger partial charge in [0.1, 0.15) is 12.0 Å². The van der Waals surface area contributed by atoms with Crippen LogP contribution in [0.15, 0.2) is 17.5 Å². The molecule has 0 unspecified atom stereocenters. The van der Waals surface area contributed by atoms with Crippen molar-refractivity contribution in [3.8, 4) is 0 Å². The van der Waals surface area contributed by atoms with Gasteiger partial charge in [-0.3, -0.25) is 0 Å². The van der Waals surface area contributed by atoms with Crippen LogP contribution in [0.1, 0.15) is 0 Å². The van der Waals surface area contributed by atoms with Crippen LogP contribution in [0.4, 0.5) is 10.6 Å². The van der Waals surface area contributed by atoms with E-state index in [0.717, 1.165) is 14.6 Å². The lowest BCUT2D eigenvalue weighted by molar-refractivity contribution is 0.194. The van der Waals surface area contributed by atoms with Crippen molar-refractivity contribution in [1.82, 2.24) is 24.8 Å². The number of hydrogen-bond donors (Lipinski definition) is 2. The number of nitrogens with zero attached hydrogens (tertiary/aromatic N) is 5. The molecule has 0 saturated heterocycles. The molecule has 2 rings (SSSR count). The fourth-order valence-electron chi connectivity index (χ4n) is 1.78. The average Bonchev–Trinajstić information content (AvgIpc) is 2.74. The van der Waals surface area contributed by atoms with Gasteiger partial charge in [-0.1, -0.05) is 0 Å². The van der Waals surface area contributed by atoms with Gasteiger partial charge >= 0.3 is 6.09 Å². The van der Waals surface area contributed by atoms with Crippen molar-refractivity contribution in [1.29, 1.82) is 0 Å². The number of halogens is 1. The van der Waals surface area contributed by atoms with Crippen LogP contribution >= 0.6 is 22.6 Å². The first-order valence-electron chi connectivity index (χ1n) is 6.16. The highest BCUT2D eigenvalue weighted by Crippen LogP contribution is 2.28. The molecule has 0 atom stereocenters. The van der Waals surface area contributed by atoms with E-state index in [4.69, 9.17) is 5.11 Å². The maximum atomic E-state index is 10.5. The minimum atomic E-state index is -1.04. The van der Waals surface area contributed by atoms with Crippen LogP contribution in [0.5, 0.6) is 0 Å². The Kier molecular flexibility index (Phi) is 4.94. The Hall–Kier alpha value is -1.91. The van der Waals surface area contributed by atoms with Gasteiger partial charge in [-0.05, 0) is 22.6 Å². The maximum absolute atomic E-state index is 10.5. The molecule has 21 heavy (non-hydrogen) atoms. The molecule has 0 aliphatic heterocycles. The van der Waals surface area contributed by atoms with Gasteiger partial charge in [0.2, 0.25) is 0 Å². The second-order valence-electron chi connectivity index (χ2n) is 4.51. The first kappa shape index (κ1) is 15.5. The summed E-state index contributed by atoms with van der Waals surface area (Å²) in [6, 6.07) is 0. The lowest BCUT2D eigenvalue weighted by Crippen LogP contribution is -2.25. The fraction of sp³-hybridized carbons (Fsp3) is 0.333. The van der Waals surface area contributed by atoms with E-state index in [9.17, 15) is 4.79 Å². The number of hydrogen-bond acceptors (Lipinski definition) is 4. The number of amides is 1.